The first-order valence-electron chi connectivity index (χ1n) is 4.52. The van der Waals surface area contributed by atoms with E-state index in [1.54, 1.807) is 12.4 Å². The molecule has 80 valence electrons. The van der Waals surface area contributed by atoms with Crippen molar-refractivity contribution in [1.82, 2.24) is 9.97 Å². The first-order valence-corrected chi connectivity index (χ1v) is 5.31. The van der Waals surface area contributed by atoms with Gasteiger partial charge in [-0.15, -0.1) is 5.11 Å². The molecule has 0 radical (unpaired) electrons. The van der Waals surface area contributed by atoms with Crippen LogP contribution in [0.2, 0.25) is 0 Å². The zero-order valence-corrected chi connectivity index (χ0v) is 9.79. The normalized spacial score (nSPS) is 10.6. The highest BCUT2D eigenvalue weighted by Gasteiger charge is 1.90. The molecule has 0 unspecified atom stereocenters. The summed E-state index contributed by atoms with van der Waals surface area (Å²) in [6, 6.07) is 7.52. The van der Waals surface area contributed by atoms with Gasteiger partial charge in [-0.05, 0) is 24.3 Å². The van der Waals surface area contributed by atoms with E-state index in [9.17, 15) is 0 Å². The molecule has 2 rings (SSSR count). The van der Waals surface area contributed by atoms with Gasteiger partial charge in [-0.2, -0.15) is 0 Å². The molecule has 0 spiro atoms. The van der Waals surface area contributed by atoms with Crippen LogP contribution in [0.25, 0.3) is 0 Å². The zero-order chi connectivity index (χ0) is 11.2. The summed E-state index contributed by atoms with van der Waals surface area (Å²) in [6.45, 7) is 0. The second-order valence-corrected chi connectivity index (χ2v) is 3.83. The minimum Gasteiger partial charge on any atom is -0.257 e. The minimum absolute atomic E-state index is 0.698. The van der Waals surface area contributed by atoms with Gasteiger partial charge >= 0.3 is 0 Å². The van der Waals surface area contributed by atoms with Crippen LogP contribution in [0.3, 0.4) is 0 Å². The number of rotatable bonds is 3. The molecule has 0 saturated carbocycles. The molecule has 0 amide bonds. The molecule has 0 aliphatic carbocycles. The Balaban J connectivity index is 1.98. The van der Waals surface area contributed by atoms with E-state index < -0.39 is 0 Å². The summed E-state index contributed by atoms with van der Waals surface area (Å²) in [6.07, 6.45) is 4.69. The summed E-state index contributed by atoms with van der Waals surface area (Å²) in [5, 5.41) is 7.80. The summed E-state index contributed by atoms with van der Waals surface area (Å²) in [5.41, 5.74) is 4.20. The fourth-order valence-electron chi connectivity index (χ4n) is 1.01. The number of aromatic nitrogens is 2. The van der Waals surface area contributed by atoms with Crippen LogP contribution < -0.4 is 5.43 Å². The first-order chi connectivity index (χ1) is 7.84. The van der Waals surface area contributed by atoms with Gasteiger partial charge in [0.05, 0.1) is 23.8 Å². The van der Waals surface area contributed by atoms with Gasteiger partial charge in [0.25, 0.3) is 0 Å². The summed E-state index contributed by atoms with van der Waals surface area (Å²) in [4.78, 5) is 7.68. The van der Waals surface area contributed by atoms with Gasteiger partial charge in [-0.1, -0.05) is 21.2 Å². The third kappa shape index (κ3) is 3.09. The maximum Gasteiger partial charge on any atom is 0.115 e. The van der Waals surface area contributed by atoms with Crippen molar-refractivity contribution in [1.29, 1.82) is 0 Å². The monoisotopic (exact) mass is 277 g/mol. The lowest BCUT2D eigenvalue weighted by Crippen LogP contribution is -1.87. The van der Waals surface area contributed by atoms with E-state index in [-0.39, 0.29) is 0 Å². The van der Waals surface area contributed by atoms with Crippen LogP contribution in [-0.4, -0.2) is 9.97 Å². The maximum atomic E-state index is 3.98. The Labute approximate surface area is 101 Å². The van der Waals surface area contributed by atoms with Crippen molar-refractivity contribution in [3.8, 4) is 0 Å². The minimum atomic E-state index is 0.698. The van der Waals surface area contributed by atoms with Gasteiger partial charge in [0.2, 0.25) is 0 Å². The largest absolute Gasteiger partial charge is 0.257 e. The van der Waals surface area contributed by atoms with Crippen LogP contribution in [0.5, 0.6) is 0 Å². The summed E-state index contributed by atoms with van der Waals surface area (Å²) < 4.78 is 1.01. The lowest BCUT2D eigenvalue weighted by atomic mass is 10.3. The highest BCUT2D eigenvalue weighted by molar-refractivity contribution is 9.10. The van der Waals surface area contributed by atoms with Crippen LogP contribution >= 0.6 is 15.9 Å². The molecule has 1 aromatic carbocycles. The number of anilines is 1. The van der Waals surface area contributed by atoms with Crippen molar-refractivity contribution in [2.75, 3.05) is 5.43 Å². The molecular formula is C10H8BrN5. The van der Waals surface area contributed by atoms with Crippen molar-refractivity contribution in [3.63, 3.8) is 0 Å². The molecule has 0 fully saturated rings. The quantitative estimate of drug-likeness (QED) is 0.691. The van der Waals surface area contributed by atoms with Crippen molar-refractivity contribution in [2.45, 2.75) is 0 Å². The number of halogens is 1. The molecular weight excluding hydrogens is 270 g/mol. The average Bonchev–Trinajstić information content (AvgIpc) is 2.33. The van der Waals surface area contributed by atoms with Gasteiger partial charge in [-0.25, -0.2) is 9.97 Å². The van der Waals surface area contributed by atoms with E-state index in [4.69, 9.17) is 0 Å². The molecule has 1 N–H and O–H groups in total. The number of benzene rings is 1. The lowest BCUT2D eigenvalue weighted by molar-refractivity contribution is 1.09. The van der Waals surface area contributed by atoms with Crippen molar-refractivity contribution >= 4 is 27.3 Å². The molecule has 6 heteroatoms. The molecule has 0 bridgehead atoms. The maximum absolute atomic E-state index is 3.98. The topological polar surface area (TPSA) is 62.5 Å². The molecule has 2 aromatic rings. The number of hydrogen-bond acceptors (Lipinski definition) is 4. The van der Waals surface area contributed by atoms with E-state index in [0.717, 1.165) is 10.2 Å². The van der Waals surface area contributed by atoms with Gasteiger partial charge < -0.3 is 0 Å². The van der Waals surface area contributed by atoms with E-state index in [2.05, 4.69) is 41.7 Å². The molecule has 0 saturated heterocycles. The number of hydrogen-bond donors (Lipinski definition) is 1. The Kier molecular flexibility index (Phi) is 3.55. The van der Waals surface area contributed by atoms with Crippen LogP contribution in [-0.2, 0) is 0 Å². The summed E-state index contributed by atoms with van der Waals surface area (Å²) in [7, 11) is 0. The Hall–Kier alpha value is -1.82. The van der Waals surface area contributed by atoms with Gasteiger partial charge in [0.15, 0.2) is 0 Å². The van der Waals surface area contributed by atoms with E-state index in [1.807, 2.05) is 24.3 Å². The fraction of sp³-hybridized carbons (Fsp3) is 0. The molecule has 0 aliphatic heterocycles. The van der Waals surface area contributed by atoms with Gasteiger partial charge in [0, 0.05) is 4.47 Å². The van der Waals surface area contributed by atoms with E-state index in [1.165, 1.54) is 6.33 Å². The van der Waals surface area contributed by atoms with Crippen LogP contribution in [0.1, 0.15) is 0 Å². The second kappa shape index (κ2) is 5.32. The fourth-order valence-corrected chi connectivity index (χ4v) is 1.27. The van der Waals surface area contributed by atoms with Crippen molar-refractivity contribution in [3.05, 3.63) is 47.5 Å². The lowest BCUT2D eigenvalue weighted by Gasteiger charge is -1.96. The van der Waals surface area contributed by atoms with E-state index in [0.29, 0.717) is 5.69 Å². The zero-order valence-electron chi connectivity index (χ0n) is 8.21. The Morgan fingerprint density at radius 1 is 1.06 bits per heavy atom. The predicted octanol–water partition coefficient (Wildman–Crippen LogP) is 3.35. The summed E-state index contributed by atoms with van der Waals surface area (Å²) >= 11 is 3.35. The van der Waals surface area contributed by atoms with E-state index >= 15 is 0 Å². The Morgan fingerprint density at radius 2 is 1.75 bits per heavy atom. The smallest absolute Gasteiger partial charge is 0.115 e. The van der Waals surface area contributed by atoms with Crippen LogP contribution in [0.4, 0.5) is 11.4 Å². The van der Waals surface area contributed by atoms with Crippen LogP contribution in [0.15, 0.2) is 57.8 Å². The standard InChI is InChI=1S/C10H8BrN5/c11-8-1-3-9(4-2-8)14-16-15-10-5-12-7-13-6-10/h1-7H,(H,14,15). The molecule has 1 aromatic heterocycles. The Bertz CT molecular complexity index is 468. The second-order valence-electron chi connectivity index (χ2n) is 2.92. The molecule has 16 heavy (non-hydrogen) atoms. The van der Waals surface area contributed by atoms with Gasteiger partial charge in [0.1, 0.15) is 6.33 Å². The number of nitrogens with one attached hydrogen (secondary N) is 1. The predicted molar refractivity (Wildman–Crippen MR) is 64.3 cm³/mol. The summed E-state index contributed by atoms with van der Waals surface area (Å²) in [5.74, 6) is 0. The third-order valence-corrected chi connectivity index (χ3v) is 2.26. The molecule has 0 atom stereocenters. The molecule has 0 aliphatic rings. The average molecular weight is 278 g/mol. The van der Waals surface area contributed by atoms with Crippen LogP contribution in [0, 0.1) is 0 Å². The SMILES string of the molecule is Brc1ccc(N=NNc2cncnc2)cc1. The highest BCUT2D eigenvalue weighted by atomic mass is 79.9. The molecule has 1 heterocycles. The highest BCUT2D eigenvalue weighted by Crippen LogP contribution is 2.17. The van der Waals surface area contributed by atoms with Crippen molar-refractivity contribution < 1.29 is 0 Å². The first kappa shape index (κ1) is 10.7. The van der Waals surface area contributed by atoms with Crippen molar-refractivity contribution in [2.24, 2.45) is 10.3 Å². The Morgan fingerprint density at radius 3 is 2.44 bits per heavy atom. The van der Waals surface area contributed by atoms with Gasteiger partial charge in [-0.3, -0.25) is 5.43 Å². The molecule has 5 nitrogen and oxygen atoms in total. The third-order valence-electron chi connectivity index (χ3n) is 1.73. The number of nitrogens with zero attached hydrogens (tertiary/aromatic N) is 4.